The quantitative estimate of drug-likeness (QED) is 0.0568. The van der Waals surface area contributed by atoms with Gasteiger partial charge in [-0.1, -0.05) is 64.9 Å². The highest BCUT2D eigenvalue weighted by Gasteiger charge is 2.25. The van der Waals surface area contributed by atoms with Crippen molar-refractivity contribution in [3.8, 4) is 0 Å². The van der Waals surface area contributed by atoms with E-state index in [-0.39, 0.29) is 17.3 Å². The Labute approximate surface area is 255 Å². The van der Waals surface area contributed by atoms with Crippen LogP contribution in [0.1, 0.15) is 59.0 Å². The topological polar surface area (TPSA) is 72.8 Å². The number of thioether (sulfide) groups is 1. The Hall–Kier alpha value is -3.94. The molecule has 4 rings (SSSR count). The fourth-order valence-corrected chi connectivity index (χ4v) is 5.42. The lowest BCUT2D eigenvalue weighted by molar-refractivity contribution is -0.152. The van der Waals surface area contributed by atoms with Gasteiger partial charge in [0.25, 0.3) is 0 Å². The Morgan fingerprint density at radius 3 is 1.79 bits per heavy atom. The van der Waals surface area contributed by atoms with Gasteiger partial charge in [-0.05, 0) is 88.4 Å². The minimum absolute atomic E-state index is 0.0158. The summed E-state index contributed by atoms with van der Waals surface area (Å²) in [5, 5.41) is 4.02. The third-order valence-corrected chi connectivity index (χ3v) is 8.28. The Balaban J connectivity index is 1.42. The summed E-state index contributed by atoms with van der Waals surface area (Å²) < 4.78 is 0. The second-order valence-corrected chi connectivity index (χ2v) is 13.1. The molecule has 0 aliphatic rings. The van der Waals surface area contributed by atoms with Crippen molar-refractivity contribution in [2.24, 2.45) is 10.6 Å². The molecule has 42 heavy (non-hydrogen) atoms. The van der Waals surface area contributed by atoms with Crippen LogP contribution in [-0.4, -0.2) is 29.0 Å². The molecule has 0 atom stereocenters. The van der Waals surface area contributed by atoms with Crippen molar-refractivity contribution in [2.45, 2.75) is 48.8 Å². The van der Waals surface area contributed by atoms with Crippen LogP contribution in [0.2, 0.25) is 0 Å². The minimum Gasteiger partial charge on any atom is -0.317 e. The number of benzene rings is 4. The van der Waals surface area contributed by atoms with Crippen LogP contribution in [0.25, 0.3) is 0 Å². The van der Waals surface area contributed by atoms with Crippen molar-refractivity contribution in [2.75, 3.05) is 5.75 Å². The van der Waals surface area contributed by atoms with E-state index >= 15 is 0 Å². The lowest BCUT2D eigenvalue weighted by Crippen LogP contribution is -2.23. The minimum atomic E-state index is -0.736. The summed E-state index contributed by atoms with van der Waals surface area (Å²) in [4.78, 5) is 46.6. The van der Waals surface area contributed by atoms with E-state index in [0.29, 0.717) is 28.9 Å². The van der Waals surface area contributed by atoms with Crippen molar-refractivity contribution < 1.29 is 19.2 Å². The van der Waals surface area contributed by atoms with Gasteiger partial charge in [-0.3, -0.25) is 9.59 Å². The standard InChI is InChI=1S/C35H33NO4S2/c1-24-10-16-28(17-11-24)41-23-22-31(36-40-34(39)35(2,3)4)33(38)27-14-20-30(21-15-27)42-29-18-12-26(13-19-29)32(37)25-8-6-5-7-9-25/h5-21H,22-23H2,1-4H3/b36-31+. The van der Waals surface area contributed by atoms with Crippen LogP contribution in [0.3, 0.4) is 0 Å². The van der Waals surface area contributed by atoms with E-state index in [9.17, 15) is 14.4 Å². The summed E-state index contributed by atoms with van der Waals surface area (Å²) in [6.07, 6.45) is 0.347. The first-order valence-electron chi connectivity index (χ1n) is 13.6. The summed E-state index contributed by atoms with van der Waals surface area (Å²) in [7, 11) is 0. The molecule has 7 heteroatoms. The maximum Gasteiger partial charge on any atom is 0.340 e. The van der Waals surface area contributed by atoms with Gasteiger partial charge in [0.1, 0.15) is 5.71 Å². The number of ketones is 2. The molecule has 0 radical (unpaired) electrons. The van der Waals surface area contributed by atoms with Gasteiger partial charge in [-0.15, -0.1) is 11.8 Å². The van der Waals surface area contributed by atoms with Gasteiger partial charge >= 0.3 is 5.97 Å². The molecule has 5 nitrogen and oxygen atoms in total. The van der Waals surface area contributed by atoms with Gasteiger partial charge in [0.2, 0.25) is 5.78 Å². The first-order chi connectivity index (χ1) is 20.1. The fraction of sp³-hybridized carbons (Fsp3) is 0.200. The predicted molar refractivity (Wildman–Crippen MR) is 171 cm³/mol. The molecule has 4 aromatic rings. The van der Waals surface area contributed by atoms with Gasteiger partial charge in [0.05, 0.1) is 5.41 Å². The van der Waals surface area contributed by atoms with Gasteiger partial charge in [0, 0.05) is 43.6 Å². The van der Waals surface area contributed by atoms with E-state index < -0.39 is 11.4 Å². The van der Waals surface area contributed by atoms with E-state index in [2.05, 4.69) is 5.16 Å². The molecule has 0 saturated heterocycles. The predicted octanol–water partition coefficient (Wildman–Crippen LogP) is 8.69. The lowest BCUT2D eigenvalue weighted by Gasteiger charge is -2.14. The summed E-state index contributed by atoms with van der Waals surface area (Å²) in [5.74, 6) is -0.182. The number of Topliss-reactive ketones (excluding diaryl/α,β-unsaturated/α-hetero) is 1. The Bertz CT molecular complexity index is 1560. The van der Waals surface area contributed by atoms with Crippen molar-refractivity contribution in [1.29, 1.82) is 0 Å². The van der Waals surface area contributed by atoms with Crippen LogP contribution in [0.5, 0.6) is 0 Å². The normalized spacial score (nSPS) is 11.7. The monoisotopic (exact) mass is 595 g/mol. The zero-order valence-corrected chi connectivity index (χ0v) is 25.8. The SMILES string of the molecule is Cc1ccc(SCC/C(=N\OC(=O)C(C)(C)C)C(=O)c2ccc(Sc3ccc(C(=O)c4ccccc4)cc3)cc2)cc1. The molecule has 0 spiro atoms. The number of rotatable bonds is 11. The van der Waals surface area contributed by atoms with Gasteiger partial charge in [-0.2, -0.15) is 0 Å². The molecule has 0 aromatic heterocycles. The van der Waals surface area contributed by atoms with Crippen LogP contribution in [0.15, 0.2) is 123 Å². The van der Waals surface area contributed by atoms with E-state index in [0.717, 1.165) is 14.7 Å². The maximum atomic E-state index is 13.4. The van der Waals surface area contributed by atoms with Crippen LogP contribution in [0.4, 0.5) is 0 Å². The Morgan fingerprint density at radius 1 is 0.690 bits per heavy atom. The first kappa shape index (κ1) is 31.0. The number of aryl methyl sites for hydroxylation is 1. The highest BCUT2D eigenvalue weighted by Crippen LogP contribution is 2.29. The van der Waals surface area contributed by atoms with E-state index in [1.807, 2.05) is 85.8 Å². The van der Waals surface area contributed by atoms with Gasteiger partial charge < -0.3 is 4.84 Å². The molecule has 0 aliphatic carbocycles. The number of carbonyl (C=O) groups excluding carboxylic acids is 3. The molecule has 0 N–H and O–H groups in total. The highest BCUT2D eigenvalue weighted by molar-refractivity contribution is 7.99. The van der Waals surface area contributed by atoms with Crippen molar-refractivity contribution in [3.63, 3.8) is 0 Å². The van der Waals surface area contributed by atoms with Crippen LogP contribution < -0.4 is 0 Å². The number of hydrogen-bond acceptors (Lipinski definition) is 7. The lowest BCUT2D eigenvalue weighted by atomic mass is 9.98. The largest absolute Gasteiger partial charge is 0.340 e. The zero-order chi connectivity index (χ0) is 30.1. The average Bonchev–Trinajstić information content (AvgIpc) is 2.99. The third-order valence-electron chi connectivity index (χ3n) is 6.25. The van der Waals surface area contributed by atoms with Gasteiger partial charge in [0.15, 0.2) is 5.78 Å². The summed E-state index contributed by atoms with van der Waals surface area (Å²) >= 11 is 3.15. The molecular formula is C35H33NO4S2. The third kappa shape index (κ3) is 8.78. The number of oxime groups is 1. The van der Waals surface area contributed by atoms with Crippen LogP contribution in [-0.2, 0) is 9.63 Å². The molecule has 0 amide bonds. The number of nitrogens with zero attached hydrogens (tertiary/aromatic N) is 1. The average molecular weight is 596 g/mol. The molecule has 0 heterocycles. The Kier molecular flexibility index (Phi) is 10.6. The van der Waals surface area contributed by atoms with Gasteiger partial charge in [-0.25, -0.2) is 4.79 Å². The van der Waals surface area contributed by atoms with Crippen LogP contribution in [0, 0.1) is 12.3 Å². The highest BCUT2D eigenvalue weighted by atomic mass is 32.2. The van der Waals surface area contributed by atoms with E-state index in [1.165, 1.54) is 17.3 Å². The maximum absolute atomic E-state index is 13.4. The van der Waals surface area contributed by atoms with E-state index in [4.69, 9.17) is 4.84 Å². The van der Waals surface area contributed by atoms with Crippen molar-refractivity contribution >= 4 is 46.8 Å². The molecule has 0 unspecified atom stereocenters. The molecular weight excluding hydrogens is 563 g/mol. The molecule has 0 aliphatic heterocycles. The first-order valence-corrected chi connectivity index (χ1v) is 15.4. The molecule has 0 saturated carbocycles. The number of carbonyl (C=O) groups is 3. The van der Waals surface area contributed by atoms with Crippen molar-refractivity contribution in [3.05, 3.63) is 125 Å². The summed E-state index contributed by atoms with van der Waals surface area (Å²) in [6, 6.07) is 32.1. The van der Waals surface area contributed by atoms with Crippen LogP contribution >= 0.6 is 23.5 Å². The molecule has 0 bridgehead atoms. The molecule has 214 valence electrons. The second kappa shape index (κ2) is 14.3. The second-order valence-electron chi connectivity index (χ2n) is 10.8. The van der Waals surface area contributed by atoms with E-state index in [1.54, 1.807) is 56.8 Å². The summed E-state index contributed by atoms with van der Waals surface area (Å²) in [6.45, 7) is 7.26. The Morgan fingerprint density at radius 2 is 1.21 bits per heavy atom. The molecule has 0 fully saturated rings. The van der Waals surface area contributed by atoms with Crippen molar-refractivity contribution in [1.82, 2.24) is 0 Å². The zero-order valence-electron chi connectivity index (χ0n) is 24.1. The summed E-state index contributed by atoms with van der Waals surface area (Å²) in [5.41, 5.74) is 2.40. The smallest absolute Gasteiger partial charge is 0.317 e. The number of hydrogen-bond donors (Lipinski definition) is 0. The molecule has 4 aromatic carbocycles. The fourth-order valence-electron chi connectivity index (χ4n) is 3.74.